The average Bonchev–Trinajstić information content (AvgIpc) is 2.77. The molecule has 2 heterocycles. The predicted octanol–water partition coefficient (Wildman–Crippen LogP) is 2.27. The molecule has 4 nitrogen and oxygen atoms in total. The summed E-state index contributed by atoms with van der Waals surface area (Å²) in [6.45, 7) is 0. The van der Waals surface area contributed by atoms with Crippen molar-refractivity contribution in [2.75, 3.05) is 10.7 Å². The zero-order valence-electron chi connectivity index (χ0n) is 9.43. The molecule has 3 amide bonds. The van der Waals surface area contributed by atoms with Gasteiger partial charge in [0.15, 0.2) is 0 Å². The van der Waals surface area contributed by atoms with E-state index in [-0.39, 0.29) is 23.2 Å². The van der Waals surface area contributed by atoms with E-state index in [0.717, 1.165) is 12.2 Å². The summed E-state index contributed by atoms with van der Waals surface area (Å²) >= 11 is 7.50. The lowest BCUT2D eigenvalue weighted by molar-refractivity contribution is -0.118. The molecule has 18 heavy (non-hydrogen) atoms. The SMILES string of the molecule is O=C1NC2CCSC2C(=O)N1c1cccc(Cl)c1. The summed E-state index contributed by atoms with van der Waals surface area (Å²) < 4.78 is 0. The van der Waals surface area contributed by atoms with Crippen LogP contribution in [-0.2, 0) is 4.79 Å². The molecule has 0 spiro atoms. The molecule has 2 saturated heterocycles. The van der Waals surface area contributed by atoms with Gasteiger partial charge in [-0.05, 0) is 30.4 Å². The Labute approximate surface area is 114 Å². The van der Waals surface area contributed by atoms with Crippen LogP contribution >= 0.6 is 23.4 Å². The molecule has 2 atom stereocenters. The van der Waals surface area contributed by atoms with Crippen molar-refractivity contribution in [2.24, 2.45) is 0 Å². The number of hydrogen-bond acceptors (Lipinski definition) is 3. The highest BCUT2D eigenvalue weighted by molar-refractivity contribution is 8.01. The van der Waals surface area contributed by atoms with E-state index in [0.29, 0.717) is 10.7 Å². The van der Waals surface area contributed by atoms with Crippen LogP contribution in [-0.4, -0.2) is 29.0 Å². The number of nitrogens with one attached hydrogen (secondary N) is 1. The van der Waals surface area contributed by atoms with E-state index >= 15 is 0 Å². The van der Waals surface area contributed by atoms with Gasteiger partial charge >= 0.3 is 6.03 Å². The highest BCUT2D eigenvalue weighted by atomic mass is 35.5. The molecule has 1 N–H and O–H groups in total. The lowest BCUT2D eigenvalue weighted by Gasteiger charge is -2.33. The molecule has 0 radical (unpaired) electrons. The monoisotopic (exact) mass is 282 g/mol. The van der Waals surface area contributed by atoms with Crippen molar-refractivity contribution in [1.82, 2.24) is 5.32 Å². The number of amides is 3. The third kappa shape index (κ3) is 1.87. The van der Waals surface area contributed by atoms with Crippen LogP contribution in [0.5, 0.6) is 0 Å². The lowest BCUT2D eigenvalue weighted by Crippen LogP contribution is -2.60. The van der Waals surface area contributed by atoms with Crippen LogP contribution in [0.1, 0.15) is 6.42 Å². The van der Waals surface area contributed by atoms with Crippen molar-refractivity contribution in [3.8, 4) is 0 Å². The van der Waals surface area contributed by atoms with Gasteiger partial charge in [-0.25, -0.2) is 9.69 Å². The number of carbonyl (C=O) groups excluding carboxylic acids is 2. The molecule has 2 unspecified atom stereocenters. The minimum Gasteiger partial charge on any atom is -0.333 e. The summed E-state index contributed by atoms with van der Waals surface area (Å²) in [6.07, 6.45) is 0.857. The van der Waals surface area contributed by atoms with Crippen molar-refractivity contribution in [1.29, 1.82) is 0 Å². The van der Waals surface area contributed by atoms with Gasteiger partial charge in [0.05, 0.1) is 11.7 Å². The fourth-order valence-electron chi connectivity index (χ4n) is 2.29. The van der Waals surface area contributed by atoms with Gasteiger partial charge in [-0.15, -0.1) is 11.8 Å². The van der Waals surface area contributed by atoms with Crippen LogP contribution < -0.4 is 10.2 Å². The molecule has 6 heteroatoms. The smallest absolute Gasteiger partial charge is 0.329 e. The van der Waals surface area contributed by atoms with Gasteiger partial charge in [0.25, 0.3) is 0 Å². The van der Waals surface area contributed by atoms with Crippen LogP contribution in [0.4, 0.5) is 10.5 Å². The zero-order chi connectivity index (χ0) is 12.7. The maximum Gasteiger partial charge on any atom is 0.329 e. The molecule has 0 aromatic heterocycles. The van der Waals surface area contributed by atoms with E-state index in [2.05, 4.69) is 5.32 Å². The van der Waals surface area contributed by atoms with E-state index < -0.39 is 0 Å². The van der Waals surface area contributed by atoms with Gasteiger partial charge in [0.1, 0.15) is 5.25 Å². The Morgan fingerprint density at radius 1 is 1.39 bits per heavy atom. The average molecular weight is 283 g/mol. The summed E-state index contributed by atoms with van der Waals surface area (Å²) in [7, 11) is 0. The first-order valence-electron chi connectivity index (χ1n) is 5.68. The van der Waals surface area contributed by atoms with Crippen molar-refractivity contribution in [3.05, 3.63) is 29.3 Å². The molecular weight excluding hydrogens is 272 g/mol. The number of carbonyl (C=O) groups is 2. The Morgan fingerprint density at radius 2 is 2.22 bits per heavy atom. The summed E-state index contributed by atoms with van der Waals surface area (Å²) in [4.78, 5) is 25.5. The third-order valence-electron chi connectivity index (χ3n) is 3.13. The fourth-order valence-corrected chi connectivity index (χ4v) is 3.80. The first-order chi connectivity index (χ1) is 8.66. The number of urea groups is 1. The van der Waals surface area contributed by atoms with Gasteiger partial charge in [-0.2, -0.15) is 0 Å². The number of halogens is 1. The van der Waals surface area contributed by atoms with E-state index in [4.69, 9.17) is 11.6 Å². The fraction of sp³-hybridized carbons (Fsp3) is 0.333. The predicted molar refractivity (Wildman–Crippen MR) is 72.1 cm³/mol. The maximum atomic E-state index is 12.3. The van der Waals surface area contributed by atoms with Crippen molar-refractivity contribution in [3.63, 3.8) is 0 Å². The van der Waals surface area contributed by atoms with Gasteiger partial charge in [-0.3, -0.25) is 4.79 Å². The number of nitrogens with zero attached hydrogens (tertiary/aromatic N) is 1. The second-order valence-electron chi connectivity index (χ2n) is 4.29. The largest absolute Gasteiger partial charge is 0.333 e. The van der Waals surface area contributed by atoms with Crippen LogP contribution in [0.15, 0.2) is 24.3 Å². The van der Waals surface area contributed by atoms with E-state index in [9.17, 15) is 9.59 Å². The van der Waals surface area contributed by atoms with Crippen LogP contribution in [0, 0.1) is 0 Å². The second-order valence-corrected chi connectivity index (χ2v) is 5.98. The number of thioether (sulfide) groups is 1. The molecule has 0 saturated carbocycles. The van der Waals surface area contributed by atoms with Crippen LogP contribution in [0.3, 0.4) is 0 Å². The van der Waals surface area contributed by atoms with Crippen molar-refractivity contribution in [2.45, 2.75) is 17.7 Å². The van der Waals surface area contributed by atoms with Gasteiger partial charge in [0.2, 0.25) is 5.91 Å². The first kappa shape index (κ1) is 11.9. The van der Waals surface area contributed by atoms with Gasteiger partial charge < -0.3 is 5.32 Å². The molecule has 94 valence electrons. The molecule has 3 rings (SSSR count). The Hall–Kier alpha value is -1.20. The van der Waals surface area contributed by atoms with Gasteiger partial charge in [-0.1, -0.05) is 17.7 Å². The number of benzene rings is 1. The summed E-state index contributed by atoms with van der Waals surface area (Å²) in [5.74, 6) is 0.763. The summed E-state index contributed by atoms with van der Waals surface area (Å²) in [5, 5.41) is 3.22. The summed E-state index contributed by atoms with van der Waals surface area (Å²) in [6, 6.07) is 6.40. The number of rotatable bonds is 1. The molecule has 0 aliphatic carbocycles. The van der Waals surface area contributed by atoms with Crippen molar-refractivity contribution < 1.29 is 9.59 Å². The molecule has 1 aromatic rings. The Kier molecular flexibility index (Phi) is 2.95. The second kappa shape index (κ2) is 4.48. The first-order valence-corrected chi connectivity index (χ1v) is 7.11. The normalized spacial score (nSPS) is 27.1. The Bertz CT molecular complexity index is 523. The third-order valence-corrected chi connectivity index (χ3v) is 4.73. The molecule has 2 aliphatic heterocycles. The molecule has 2 aliphatic rings. The minimum absolute atomic E-state index is 0.0227. The molecular formula is C12H11ClN2O2S. The lowest BCUT2D eigenvalue weighted by atomic mass is 10.1. The van der Waals surface area contributed by atoms with E-state index in [1.165, 1.54) is 4.90 Å². The highest BCUT2D eigenvalue weighted by Crippen LogP contribution is 2.33. The van der Waals surface area contributed by atoms with E-state index in [1.54, 1.807) is 36.0 Å². The molecule has 1 aromatic carbocycles. The van der Waals surface area contributed by atoms with Gasteiger partial charge in [0, 0.05) is 5.02 Å². The number of anilines is 1. The minimum atomic E-state index is -0.356. The Morgan fingerprint density at radius 3 is 3.00 bits per heavy atom. The highest BCUT2D eigenvalue weighted by Gasteiger charge is 2.44. The number of imide groups is 1. The summed E-state index contributed by atoms with van der Waals surface area (Å²) in [5.41, 5.74) is 0.524. The number of hydrogen-bond donors (Lipinski definition) is 1. The molecule has 2 fully saturated rings. The standard InChI is InChI=1S/C12H11ClN2O2S/c13-7-2-1-3-8(6-7)15-11(16)10-9(4-5-18-10)14-12(15)17/h1-3,6,9-10H,4-5H2,(H,14,17). The van der Waals surface area contributed by atoms with Crippen molar-refractivity contribution >= 4 is 41.0 Å². The van der Waals surface area contributed by atoms with E-state index in [1.807, 2.05) is 0 Å². The quantitative estimate of drug-likeness (QED) is 0.860. The zero-order valence-corrected chi connectivity index (χ0v) is 11.0. The molecule has 0 bridgehead atoms. The van der Waals surface area contributed by atoms with Crippen LogP contribution in [0.2, 0.25) is 5.02 Å². The maximum absolute atomic E-state index is 12.3. The Balaban J connectivity index is 1.96. The number of fused-ring (bicyclic) bond motifs is 1. The topological polar surface area (TPSA) is 49.4 Å². The van der Waals surface area contributed by atoms with Crippen LogP contribution in [0.25, 0.3) is 0 Å².